The molecule has 2 aliphatic rings. The van der Waals surface area contributed by atoms with Gasteiger partial charge < -0.3 is 78.1 Å². The minimum absolute atomic E-state index is 0.0363. The van der Waals surface area contributed by atoms with Gasteiger partial charge in [0.25, 0.3) is 5.91 Å². The van der Waals surface area contributed by atoms with Crippen molar-refractivity contribution in [2.45, 2.75) is 153 Å². The Bertz CT molecular complexity index is 2370. The van der Waals surface area contributed by atoms with Gasteiger partial charge in [-0.15, -0.1) is 0 Å². The van der Waals surface area contributed by atoms with Gasteiger partial charge in [0.15, 0.2) is 6.04 Å². The zero-order chi connectivity index (χ0) is 56.2. The van der Waals surface area contributed by atoms with E-state index < -0.39 is 133 Å². The Morgan fingerprint density at radius 2 is 1.01 bits per heavy atom. The van der Waals surface area contributed by atoms with Crippen LogP contribution in [-0.2, 0) is 65.6 Å². The number of aliphatic hydroxyl groups is 1. The molecule has 2 heterocycles. The number of quaternary nitrogens is 1. The maximum Gasteiger partial charge on any atom is 0.278 e. The van der Waals surface area contributed by atoms with E-state index in [0.29, 0.717) is 24.0 Å². The highest BCUT2D eigenvalue weighted by molar-refractivity contribution is 5.99. The molecule has 0 aromatic heterocycles. The average molecular weight is 1060 g/mol. The molecule has 0 aliphatic carbocycles. The first-order valence-electron chi connectivity index (χ1n) is 25.6. The fourth-order valence-electron chi connectivity index (χ4n) is 9.16. The Hall–Kier alpha value is -7.47. The molecular formula is C52H73N10O14-. The van der Waals surface area contributed by atoms with Gasteiger partial charge >= 0.3 is 0 Å². The summed E-state index contributed by atoms with van der Waals surface area (Å²) < 4.78 is 0. The highest BCUT2D eigenvalue weighted by Crippen LogP contribution is 2.23. The van der Waals surface area contributed by atoms with Gasteiger partial charge in [-0.2, -0.15) is 0 Å². The summed E-state index contributed by atoms with van der Waals surface area (Å²) in [5.74, 6) is -10.8. The number of carboxylic acid groups (broad SMARTS) is 2. The molecule has 0 spiro atoms. The molecule has 416 valence electrons. The predicted octanol–water partition coefficient (Wildman–Crippen LogP) is -4.79. The van der Waals surface area contributed by atoms with Gasteiger partial charge in [0, 0.05) is 51.2 Å². The van der Waals surface area contributed by atoms with E-state index in [9.17, 15) is 68.1 Å². The zero-order valence-electron chi connectivity index (χ0n) is 43.5. The highest BCUT2D eigenvalue weighted by Gasteiger charge is 2.43. The highest BCUT2D eigenvalue weighted by atomic mass is 16.4. The number of carbonyl (C=O) groups excluding carboxylic acids is 11. The largest absolute Gasteiger partial charge is 0.550 e. The van der Waals surface area contributed by atoms with Gasteiger partial charge in [-0.1, -0.05) is 88.4 Å². The number of hydrogen-bond acceptors (Lipinski definition) is 14. The topological polar surface area (TPSA) is 386 Å². The number of nitrogens with zero attached hydrogens (tertiary/aromatic N) is 2. The summed E-state index contributed by atoms with van der Waals surface area (Å²) in [5.41, 5.74) is 10.1. The molecule has 24 nitrogen and oxygen atoms in total. The van der Waals surface area contributed by atoms with Gasteiger partial charge in [-0.3, -0.25) is 43.2 Å². The van der Waals surface area contributed by atoms with Crippen LogP contribution in [0.3, 0.4) is 0 Å². The summed E-state index contributed by atoms with van der Waals surface area (Å²) in [7, 11) is 0. The Kier molecular flexibility index (Phi) is 23.8. The first-order valence-corrected chi connectivity index (χ1v) is 25.6. The molecule has 76 heavy (non-hydrogen) atoms. The number of benzene rings is 2. The smallest absolute Gasteiger partial charge is 0.278 e. The molecule has 12 N–H and O–H groups in total. The van der Waals surface area contributed by atoms with Crippen molar-refractivity contribution < 1.29 is 73.8 Å². The minimum Gasteiger partial charge on any atom is -0.550 e. The second kappa shape index (κ2) is 29.6. The van der Waals surface area contributed by atoms with Crippen molar-refractivity contribution in [3.63, 3.8) is 0 Å². The Balaban J connectivity index is 1.55. The SMILES string of the molecule is CC(C)C[C@H](NC(=O)[C@H](CC(=O)[O-])NC(=O)[C@H](Cc1ccccc1)NC(=O)[C@@H]1CCCN1C(=O)[C@H](Cc1ccccc1)NC(=O)[C@@H]1CCCN1C(=O)[C@H](CO)NC(=O)[C@H](CC(C)C)NC(=O)[C@@H]([NH3+])CCC(N)=O)C(=O)[O-]. The Morgan fingerprint density at radius 1 is 0.592 bits per heavy atom. The lowest BCUT2D eigenvalue weighted by Gasteiger charge is -2.32. The van der Waals surface area contributed by atoms with E-state index in [1.807, 2.05) is 13.8 Å². The number of aliphatic carboxylic acids is 2. The molecule has 2 saturated heterocycles. The van der Waals surface area contributed by atoms with E-state index in [1.165, 1.54) is 9.80 Å². The van der Waals surface area contributed by atoms with Crippen LogP contribution in [0, 0.1) is 11.8 Å². The van der Waals surface area contributed by atoms with Crippen LogP contribution in [0.25, 0.3) is 0 Å². The van der Waals surface area contributed by atoms with E-state index in [4.69, 9.17) is 5.73 Å². The lowest BCUT2D eigenvalue weighted by molar-refractivity contribution is -0.405. The van der Waals surface area contributed by atoms with Crippen LogP contribution >= 0.6 is 0 Å². The molecule has 2 aliphatic heterocycles. The fraction of sp³-hybridized carbons (Fsp3) is 0.558. The number of rotatable bonds is 29. The van der Waals surface area contributed by atoms with Crippen LogP contribution in [0.4, 0.5) is 0 Å². The molecular weight excluding hydrogens is 989 g/mol. The molecule has 4 rings (SSSR count). The van der Waals surface area contributed by atoms with E-state index in [1.54, 1.807) is 74.5 Å². The molecule has 2 fully saturated rings. The van der Waals surface area contributed by atoms with E-state index in [0.717, 1.165) is 0 Å². The summed E-state index contributed by atoms with van der Waals surface area (Å²) in [6, 6.07) is 5.04. The average Bonchev–Trinajstić information content (AvgIpc) is 4.07. The maximum atomic E-state index is 14.8. The first-order chi connectivity index (χ1) is 36.0. The lowest BCUT2D eigenvalue weighted by Crippen LogP contribution is -2.69. The number of hydrogen-bond donors (Lipinski definition) is 9. The molecule has 2 aromatic rings. The monoisotopic (exact) mass is 1060 g/mol. The van der Waals surface area contributed by atoms with Gasteiger partial charge in [0.1, 0.15) is 42.3 Å². The molecule has 9 atom stereocenters. The zero-order valence-corrected chi connectivity index (χ0v) is 43.5. The summed E-state index contributed by atoms with van der Waals surface area (Å²) >= 11 is 0. The number of nitrogens with one attached hydrogen (secondary N) is 6. The third kappa shape index (κ3) is 18.7. The maximum absolute atomic E-state index is 14.8. The van der Waals surface area contributed by atoms with E-state index in [-0.39, 0.29) is 76.3 Å². The standard InChI is InChI=1S/C52H74N10O14/c1-29(2)23-34(55-44(67)33(53)19-20-42(54)64)45(68)60-39(28-63)51(74)62-22-12-18-41(62)49(72)58-37(26-32-15-9-6-10-16-32)50(73)61-21-11-17-40(61)48(71)57-35(25-31-13-7-5-8-14-31)46(69)56-36(27-43(65)66)47(70)59-38(52(75)76)24-30(3)4/h5-10,13-16,29-30,33-41,63H,11-12,17-28,53H2,1-4H3,(H2,54,64)(H,55,67)(H,56,69)(H,57,71)(H,58,72)(H,59,70)(H,60,68)(H,65,66)(H,75,76)/p-1/t33-,34-,35-,36-,37-,38-,39-,40-,41-/m0/s1. The molecule has 9 amide bonds. The normalized spacial score (nSPS) is 18.0. The number of likely N-dealkylation sites (tertiary alicyclic amines) is 2. The minimum atomic E-state index is -1.83. The fourth-order valence-corrected chi connectivity index (χ4v) is 9.16. The molecule has 24 heteroatoms. The summed E-state index contributed by atoms with van der Waals surface area (Å²) in [5, 5.41) is 49.2. The van der Waals surface area contributed by atoms with Crippen molar-refractivity contribution in [2.24, 2.45) is 17.6 Å². The van der Waals surface area contributed by atoms with Gasteiger partial charge in [-0.25, -0.2) is 0 Å². The van der Waals surface area contributed by atoms with Crippen LogP contribution in [0.15, 0.2) is 60.7 Å². The van der Waals surface area contributed by atoms with Crippen molar-refractivity contribution in [2.75, 3.05) is 19.7 Å². The summed E-state index contributed by atoms with van der Waals surface area (Å²) in [6.07, 6.45) is -0.286. The van der Waals surface area contributed by atoms with Crippen LogP contribution in [0.1, 0.15) is 96.6 Å². The number of primary amides is 1. The van der Waals surface area contributed by atoms with Crippen molar-refractivity contribution >= 4 is 65.1 Å². The molecule has 2 aromatic carbocycles. The van der Waals surface area contributed by atoms with Crippen molar-refractivity contribution in [1.82, 2.24) is 41.7 Å². The number of carbonyl (C=O) groups is 11. The van der Waals surface area contributed by atoms with Gasteiger partial charge in [0.2, 0.25) is 47.3 Å². The Morgan fingerprint density at radius 3 is 1.49 bits per heavy atom. The van der Waals surface area contributed by atoms with Crippen LogP contribution < -0.4 is 53.6 Å². The van der Waals surface area contributed by atoms with E-state index >= 15 is 0 Å². The number of amides is 9. The van der Waals surface area contributed by atoms with Gasteiger partial charge in [-0.05, 0) is 61.5 Å². The molecule has 0 saturated carbocycles. The summed E-state index contributed by atoms with van der Waals surface area (Å²) in [6.45, 7) is 6.26. The predicted molar refractivity (Wildman–Crippen MR) is 267 cm³/mol. The van der Waals surface area contributed by atoms with Crippen molar-refractivity contribution in [1.29, 1.82) is 0 Å². The van der Waals surface area contributed by atoms with Crippen LogP contribution in [-0.4, -0.2) is 154 Å². The van der Waals surface area contributed by atoms with Crippen molar-refractivity contribution in [3.05, 3.63) is 71.8 Å². The summed E-state index contributed by atoms with van der Waals surface area (Å²) in [4.78, 5) is 149. The number of aliphatic hydroxyl groups excluding tert-OH is 1. The van der Waals surface area contributed by atoms with Crippen molar-refractivity contribution in [3.8, 4) is 0 Å². The Labute approximate surface area is 441 Å². The third-order valence-electron chi connectivity index (χ3n) is 13.0. The lowest BCUT2D eigenvalue weighted by atomic mass is 10.0. The number of carboxylic acids is 2. The third-order valence-corrected chi connectivity index (χ3v) is 13.0. The molecule has 0 radical (unpaired) electrons. The second-order valence-electron chi connectivity index (χ2n) is 20.2. The van der Waals surface area contributed by atoms with Crippen LogP contribution in [0.5, 0.6) is 0 Å². The van der Waals surface area contributed by atoms with Gasteiger partial charge in [0.05, 0.1) is 18.6 Å². The quantitative estimate of drug-likeness (QED) is 0.0370. The molecule has 0 unspecified atom stereocenters. The molecule has 0 bridgehead atoms. The first kappa shape index (κ1) is 61.1. The van der Waals surface area contributed by atoms with Crippen LogP contribution in [0.2, 0.25) is 0 Å². The van der Waals surface area contributed by atoms with E-state index in [2.05, 4.69) is 37.6 Å². The number of nitrogens with two attached hydrogens (primary N) is 1. The second-order valence-corrected chi connectivity index (χ2v) is 20.2.